The molecule has 5 nitrogen and oxygen atoms in total. The lowest BCUT2D eigenvalue weighted by molar-refractivity contribution is 0.325. The Morgan fingerprint density at radius 3 is 2.95 bits per heavy atom. The molecule has 1 fully saturated rings. The number of hydrogen-bond acceptors (Lipinski definition) is 5. The van der Waals surface area contributed by atoms with Gasteiger partial charge in [0, 0.05) is 19.1 Å². The molecule has 1 aromatic heterocycles. The fourth-order valence-corrected chi connectivity index (χ4v) is 2.59. The van der Waals surface area contributed by atoms with Crippen LogP contribution in [0.3, 0.4) is 0 Å². The fraction of sp³-hybridized carbons (Fsp3) is 0.733. The van der Waals surface area contributed by atoms with E-state index in [1.54, 1.807) is 6.20 Å². The number of nitrogens with one attached hydrogen (secondary N) is 1. The van der Waals surface area contributed by atoms with Crippen molar-refractivity contribution in [3.63, 3.8) is 0 Å². The highest BCUT2D eigenvalue weighted by Gasteiger charge is 2.20. The Hall–Kier alpha value is -1.36. The molecule has 1 aliphatic heterocycles. The lowest BCUT2D eigenvalue weighted by Crippen LogP contribution is -2.40. The van der Waals surface area contributed by atoms with E-state index in [2.05, 4.69) is 34.0 Å². The molecule has 112 valence electrons. The van der Waals surface area contributed by atoms with Gasteiger partial charge in [0.1, 0.15) is 0 Å². The Kier molecular flexibility index (Phi) is 5.59. The highest BCUT2D eigenvalue weighted by Crippen LogP contribution is 2.18. The van der Waals surface area contributed by atoms with Gasteiger partial charge in [0.05, 0.1) is 19.0 Å². The van der Waals surface area contributed by atoms with Crippen LogP contribution in [0, 0.1) is 5.92 Å². The zero-order valence-electron chi connectivity index (χ0n) is 12.8. The Labute approximate surface area is 121 Å². The van der Waals surface area contributed by atoms with Crippen LogP contribution in [-0.4, -0.2) is 42.3 Å². The van der Waals surface area contributed by atoms with Crippen LogP contribution in [0.2, 0.25) is 0 Å². The van der Waals surface area contributed by atoms with Crippen LogP contribution in [0.4, 0.5) is 5.82 Å². The van der Waals surface area contributed by atoms with Gasteiger partial charge < -0.3 is 15.0 Å². The van der Waals surface area contributed by atoms with Crippen LogP contribution in [0.5, 0.6) is 5.88 Å². The lowest BCUT2D eigenvalue weighted by atomic mass is 10.1. The van der Waals surface area contributed by atoms with E-state index >= 15 is 0 Å². The molecule has 1 aliphatic rings. The Morgan fingerprint density at radius 2 is 2.30 bits per heavy atom. The zero-order chi connectivity index (χ0) is 14.4. The summed E-state index contributed by atoms with van der Waals surface area (Å²) < 4.78 is 5.46. The molecular formula is C15H26N4O. The number of nitrogens with zero attached hydrogens (tertiary/aromatic N) is 3. The number of anilines is 1. The monoisotopic (exact) mass is 278 g/mol. The van der Waals surface area contributed by atoms with Crippen molar-refractivity contribution in [2.45, 2.75) is 39.7 Å². The van der Waals surface area contributed by atoms with Crippen molar-refractivity contribution in [2.75, 3.05) is 31.1 Å². The topological polar surface area (TPSA) is 50.3 Å². The highest BCUT2D eigenvalue weighted by atomic mass is 16.5. The Morgan fingerprint density at radius 1 is 1.45 bits per heavy atom. The molecule has 1 saturated heterocycles. The molecule has 0 saturated carbocycles. The Balaban J connectivity index is 2.09. The minimum atomic E-state index is 0.561. The summed E-state index contributed by atoms with van der Waals surface area (Å²) in [7, 11) is 0. The molecule has 1 atom stereocenters. The Bertz CT molecular complexity index is 405. The average molecular weight is 278 g/mol. The van der Waals surface area contributed by atoms with Gasteiger partial charge in [0.25, 0.3) is 0 Å². The quantitative estimate of drug-likeness (QED) is 0.827. The molecular weight excluding hydrogens is 252 g/mol. The molecule has 2 rings (SSSR count). The minimum absolute atomic E-state index is 0.561. The van der Waals surface area contributed by atoms with Crippen molar-refractivity contribution < 1.29 is 4.74 Å². The smallest absolute Gasteiger partial charge is 0.234 e. The summed E-state index contributed by atoms with van der Waals surface area (Å²) in [5.74, 6) is 2.12. The van der Waals surface area contributed by atoms with E-state index in [4.69, 9.17) is 4.74 Å². The van der Waals surface area contributed by atoms with Crippen LogP contribution in [0.15, 0.2) is 12.4 Å². The van der Waals surface area contributed by atoms with Crippen molar-refractivity contribution in [2.24, 2.45) is 5.92 Å². The van der Waals surface area contributed by atoms with Gasteiger partial charge in [-0.05, 0) is 32.2 Å². The van der Waals surface area contributed by atoms with Gasteiger partial charge in [-0.3, -0.25) is 4.98 Å². The molecule has 0 spiro atoms. The highest BCUT2D eigenvalue weighted by molar-refractivity contribution is 5.38. The molecule has 1 N–H and O–H groups in total. The van der Waals surface area contributed by atoms with E-state index in [-0.39, 0.29) is 0 Å². The van der Waals surface area contributed by atoms with E-state index in [1.165, 1.54) is 12.8 Å². The van der Waals surface area contributed by atoms with E-state index in [9.17, 15) is 0 Å². The molecule has 0 radical (unpaired) electrons. The molecule has 0 amide bonds. The van der Waals surface area contributed by atoms with Crippen LogP contribution in [-0.2, 0) is 0 Å². The predicted molar refractivity (Wildman–Crippen MR) is 81.3 cm³/mol. The van der Waals surface area contributed by atoms with Gasteiger partial charge in [-0.1, -0.05) is 13.8 Å². The first kappa shape index (κ1) is 15.0. The molecule has 5 heteroatoms. The summed E-state index contributed by atoms with van der Waals surface area (Å²) in [6.45, 7) is 10.1. The zero-order valence-corrected chi connectivity index (χ0v) is 12.8. The van der Waals surface area contributed by atoms with Crippen LogP contribution >= 0.6 is 0 Å². The number of ether oxygens (including phenoxy) is 1. The first-order valence-corrected chi connectivity index (χ1v) is 7.62. The van der Waals surface area contributed by atoms with Gasteiger partial charge in [0.2, 0.25) is 5.88 Å². The van der Waals surface area contributed by atoms with Crippen LogP contribution in [0.25, 0.3) is 0 Å². The summed E-state index contributed by atoms with van der Waals surface area (Å²) in [5.41, 5.74) is 0. The average Bonchev–Trinajstić information content (AvgIpc) is 2.91. The second-order valence-electron chi connectivity index (χ2n) is 5.74. The van der Waals surface area contributed by atoms with Gasteiger partial charge in [-0.15, -0.1) is 0 Å². The maximum absolute atomic E-state index is 5.46. The minimum Gasteiger partial charge on any atom is -0.477 e. The van der Waals surface area contributed by atoms with Gasteiger partial charge >= 0.3 is 0 Å². The molecule has 0 aromatic carbocycles. The third kappa shape index (κ3) is 4.34. The fourth-order valence-electron chi connectivity index (χ4n) is 2.59. The van der Waals surface area contributed by atoms with Crippen molar-refractivity contribution in [1.29, 1.82) is 0 Å². The summed E-state index contributed by atoms with van der Waals surface area (Å²) in [4.78, 5) is 11.2. The van der Waals surface area contributed by atoms with Crippen molar-refractivity contribution in [1.82, 2.24) is 15.3 Å². The lowest BCUT2D eigenvalue weighted by Gasteiger charge is -2.28. The van der Waals surface area contributed by atoms with Crippen molar-refractivity contribution in [3.05, 3.63) is 12.4 Å². The SMILES string of the molecule is CCOc1cncc(N(CC(C)C)CC2CCCN2)n1. The summed E-state index contributed by atoms with van der Waals surface area (Å²) >= 11 is 0. The number of aromatic nitrogens is 2. The molecule has 20 heavy (non-hydrogen) atoms. The van der Waals surface area contributed by atoms with E-state index in [0.717, 1.165) is 25.5 Å². The summed E-state index contributed by atoms with van der Waals surface area (Å²) in [6.07, 6.45) is 6.02. The third-order valence-corrected chi connectivity index (χ3v) is 3.40. The maximum atomic E-state index is 5.46. The van der Waals surface area contributed by atoms with Gasteiger partial charge in [0.15, 0.2) is 5.82 Å². The first-order chi connectivity index (χ1) is 9.69. The molecule has 0 bridgehead atoms. The number of hydrogen-bond donors (Lipinski definition) is 1. The van der Waals surface area contributed by atoms with Crippen LogP contribution < -0.4 is 15.0 Å². The normalized spacial score (nSPS) is 18.5. The molecule has 2 heterocycles. The first-order valence-electron chi connectivity index (χ1n) is 7.62. The molecule has 1 unspecified atom stereocenters. The number of rotatable bonds is 7. The van der Waals surface area contributed by atoms with Crippen molar-refractivity contribution >= 4 is 5.82 Å². The van der Waals surface area contributed by atoms with E-state index in [0.29, 0.717) is 24.4 Å². The summed E-state index contributed by atoms with van der Waals surface area (Å²) in [6, 6.07) is 0.561. The second kappa shape index (κ2) is 7.43. The largest absolute Gasteiger partial charge is 0.477 e. The van der Waals surface area contributed by atoms with Gasteiger partial charge in [-0.25, -0.2) is 0 Å². The van der Waals surface area contributed by atoms with Gasteiger partial charge in [-0.2, -0.15) is 4.98 Å². The predicted octanol–water partition coefficient (Wildman–Crippen LogP) is 2.09. The maximum Gasteiger partial charge on any atom is 0.234 e. The van der Waals surface area contributed by atoms with E-state index < -0.39 is 0 Å². The standard InChI is InChI=1S/C15H26N4O/c1-4-20-15-9-16-8-14(18-15)19(10-12(2)3)11-13-6-5-7-17-13/h8-9,12-13,17H,4-7,10-11H2,1-3H3. The van der Waals surface area contributed by atoms with E-state index in [1.807, 2.05) is 13.1 Å². The third-order valence-electron chi connectivity index (χ3n) is 3.40. The van der Waals surface area contributed by atoms with Crippen molar-refractivity contribution in [3.8, 4) is 5.88 Å². The molecule has 1 aromatic rings. The molecule has 0 aliphatic carbocycles. The summed E-state index contributed by atoms with van der Waals surface area (Å²) in [5, 5.41) is 3.55. The van der Waals surface area contributed by atoms with Crippen LogP contribution in [0.1, 0.15) is 33.6 Å². The second-order valence-corrected chi connectivity index (χ2v) is 5.74.